The Morgan fingerprint density at radius 3 is 2.38 bits per heavy atom. The molecule has 1 saturated carbocycles. The minimum Gasteiger partial charge on any atom is -0.355 e. The van der Waals surface area contributed by atoms with Crippen LogP contribution in [0.25, 0.3) is 0 Å². The average Bonchev–Trinajstić information content (AvgIpc) is 3.00. The zero-order valence-corrected chi connectivity index (χ0v) is 15.5. The van der Waals surface area contributed by atoms with Crippen LogP contribution in [0, 0.1) is 5.41 Å². The van der Waals surface area contributed by atoms with Crippen molar-refractivity contribution in [2.75, 3.05) is 26.4 Å². The van der Waals surface area contributed by atoms with Crippen LogP contribution in [0.5, 0.6) is 0 Å². The van der Waals surface area contributed by atoms with Crippen LogP contribution in [-0.4, -0.2) is 49.6 Å². The lowest BCUT2D eigenvalue weighted by atomic mass is 9.71. The first kappa shape index (κ1) is 19.0. The second-order valence-electron chi connectivity index (χ2n) is 7.04. The topological polar surface area (TPSA) is 71.4 Å². The van der Waals surface area contributed by atoms with E-state index in [4.69, 9.17) is 0 Å². The molecule has 1 aliphatic carbocycles. The molecule has 1 amide bonds. The van der Waals surface area contributed by atoms with Gasteiger partial charge in [-0.2, -0.15) is 0 Å². The highest BCUT2D eigenvalue weighted by Crippen LogP contribution is 2.40. The molecule has 0 unspecified atom stereocenters. The molecule has 136 valence electrons. The Balaban J connectivity index is 1.90. The maximum Gasteiger partial charge on any atom is 0.220 e. The Bertz CT molecular complexity index is 618. The summed E-state index contributed by atoms with van der Waals surface area (Å²) in [6.07, 6.45) is 10.2. The van der Waals surface area contributed by atoms with Gasteiger partial charge in [-0.1, -0.05) is 19.3 Å². The molecule has 1 fully saturated rings. The van der Waals surface area contributed by atoms with Crippen molar-refractivity contribution in [2.45, 2.75) is 45.1 Å². The van der Waals surface area contributed by atoms with Crippen LogP contribution in [0.3, 0.4) is 0 Å². The lowest BCUT2D eigenvalue weighted by Crippen LogP contribution is -2.38. The third-order valence-corrected chi connectivity index (χ3v) is 6.71. The molecule has 0 bridgehead atoms. The standard InChI is InChI=1S/C17H29N3O3S/c1-19(2)24(22,23)13-10-18-16(21)14-17(8-4-3-5-9-17)15-20-11-6-7-12-20/h6-7,11-12H,3-5,8-10,13-15H2,1-2H3,(H,18,21). The summed E-state index contributed by atoms with van der Waals surface area (Å²) in [6.45, 7) is 1.02. The van der Waals surface area contributed by atoms with Crippen LogP contribution in [0.2, 0.25) is 0 Å². The van der Waals surface area contributed by atoms with E-state index >= 15 is 0 Å². The Hall–Kier alpha value is -1.34. The van der Waals surface area contributed by atoms with Gasteiger partial charge < -0.3 is 9.88 Å². The molecular formula is C17H29N3O3S. The summed E-state index contributed by atoms with van der Waals surface area (Å²) >= 11 is 0. The second-order valence-corrected chi connectivity index (χ2v) is 9.34. The van der Waals surface area contributed by atoms with Crippen molar-refractivity contribution in [3.8, 4) is 0 Å². The van der Waals surface area contributed by atoms with E-state index in [-0.39, 0.29) is 23.6 Å². The van der Waals surface area contributed by atoms with Gasteiger partial charge in [0.2, 0.25) is 15.9 Å². The van der Waals surface area contributed by atoms with Crippen LogP contribution < -0.4 is 5.32 Å². The molecule has 0 aliphatic heterocycles. The maximum absolute atomic E-state index is 12.4. The fraction of sp³-hybridized carbons (Fsp3) is 0.706. The first-order chi connectivity index (χ1) is 11.3. The van der Waals surface area contributed by atoms with Crippen molar-refractivity contribution < 1.29 is 13.2 Å². The number of nitrogens with zero attached hydrogens (tertiary/aromatic N) is 2. The third-order valence-electron chi connectivity index (χ3n) is 4.87. The summed E-state index contributed by atoms with van der Waals surface area (Å²) in [5.74, 6) is -0.103. The lowest BCUT2D eigenvalue weighted by molar-refractivity contribution is -0.124. The van der Waals surface area contributed by atoms with Crippen molar-refractivity contribution in [2.24, 2.45) is 5.41 Å². The minimum absolute atomic E-state index is 0.0121. The summed E-state index contributed by atoms with van der Waals surface area (Å²) < 4.78 is 26.8. The van der Waals surface area contributed by atoms with Crippen molar-refractivity contribution in [1.29, 1.82) is 0 Å². The molecule has 24 heavy (non-hydrogen) atoms. The highest BCUT2D eigenvalue weighted by Gasteiger charge is 2.34. The molecule has 6 nitrogen and oxygen atoms in total. The number of carbonyl (C=O) groups excluding carboxylic acids is 1. The highest BCUT2D eigenvalue weighted by molar-refractivity contribution is 7.89. The van der Waals surface area contributed by atoms with Gasteiger partial charge in [0.15, 0.2) is 0 Å². The van der Waals surface area contributed by atoms with Crippen LogP contribution in [-0.2, 0) is 21.4 Å². The van der Waals surface area contributed by atoms with E-state index in [2.05, 4.69) is 9.88 Å². The Labute approximate surface area is 145 Å². The van der Waals surface area contributed by atoms with Crippen molar-refractivity contribution in [3.63, 3.8) is 0 Å². The van der Waals surface area contributed by atoms with E-state index in [1.54, 1.807) is 0 Å². The van der Waals surface area contributed by atoms with E-state index in [1.807, 2.05) is 24.5 Å². The molecule has 1 aliphatic rings. The van der Waals surface area contributed by atoms with Crippen LogP contribution in [0.4, 0.5) is 0 Å². The van der Waals surface area contributed by atoms with Gasteiger partial charge in [-0.3, -0.25) is 4.79 Å². The average molecular weight is 356 g/mol. The van der Waals surface area contributed by atoms with E-state index in [0.717, 1.165) is 32.2 Å². The Morgan fingerprint density at radius 1 is 1.17 bits per heavy atom. The quantitative estimate of drug-likeness (QED) is 0.773. The Morgan fingerprint density at radius 2 is 1.79 bits per heavy atom. The fourth-order valence-electron chi connectivity index (χ4n) is 3.46. The molecule has 0 saturated heterocycles. The van der Waals surface area contributed by atoms with Crippen LogP contribution in [0.1, 0.15) is 38.5 Å². The van der Waals surface area contributed by atoms with Crippen molar-refractivity contribution in [1.82, 2.24) is 14.2 Å². The van der Waals surface area contributed by atoms with E-state index in [1.165, 1.54) is 24.8 Å². The zero-order chi connectivity index (χ0) is 17.6. The molecule has 1 aromatic rings. The smallest absolute Gasteiger partial charge is 0.220 e. The van der Waals surface area contributed by atoms with Crippen molar-refractivity contribution >= 4 is 15.9 Å². The summed E-state index contributed by atoms with van der Waals surface area (Å²) in [5.41, 5.74) is -0.0121. The summed E-state index contributed by atoms with van der Waals surface area (Å²) in [4.78, 5) is 12.4. The molecule has 0 aromatic carbocycles. The Kier molecular flexibility index (Phi) is 6.46. The second kappa shape index (κ2) is 8.16. The summed E-state index contributed by atoms with van der Waals surface area (Å²) in [6, 6.07) is 4.01. The first-order valence-corrected chi connectivity index (χ1v) is 10.2. The van der Waals surface area contributed by atoms with Gasteiger partial charge in [-0.25, -0.2) is 12.7 Å². The monoisotopic (exact) mass is 355 g/mol. The van der Waals surface area contributed by atoms with Gasteiger partial charge in [0, 0.05) is 46.0 Å². The summed E-state index contributed by atoms with van der Waals surface area (Å²) in [7, 11) is -0.258. The molecule has 0 radical (unpaired) electrons. The highest BCUT2D eigenvalue weighted by atomic mass is 32.2. The normalized spacial score (nSPS) is 17.8. The number of rotatable bonds is 8. The van der Waals surface area contributed by atoms with Gasteiger partial charge in [-0.05, 0) is 30.4 Å². The molecular weight excluding hydrogens is 326 g/mol. The van der Waals surface area contributed by atoms with E-state index < -0.39 is 10.0 Å². The molecule has 7 heteroatoms. The van der Waals surface area contributed by atoms with Gasteiger partial charge in [0.05, 0.1) is 5.75 Å². The number of carbonyl (C=O) groups is 1. The number of hydrogen-bond acceptors (Lipinski definition) is 3. The fourth-order valence-corrected chi connectivity index (χ4v) is 4.19. The van der Waals surface area contributed by atoms with Crippen molar-refractivity contribution in [3.05, 3.63) is 24.5 Å². The predicted molar refractivity (Wildman–Crippen MR) is 95.1 cm³/mol. The molecule has 0 atom stereocenters. The number of hydrogen-bond donors (Lipinski definition) is 1. The van der Waals surface area contributed by atoms with E-state index in [9.17, 15) is 13.2 Å². The maximum atomic E-state index is 12.4. The largest absolute Gasteiger partial charge is 0.355 e. The van der Waals surface area contributed by atoms with Crippen LogP contribution in [0.15, 0.2) is 24.5 Å². The predicted octanol–water partition coefficient (Wildman–Crippen LogP) is 1.84. The SMILES string of the molecule is CN(C)S(=O)(=O)CCNC(=O)CC1(Cn2cccc2)CCCCC1. The summed E-state index contributed by atoms with van der Waals surface area (Å²) in [5, 5.41) is 2.79. The number of sulfonamides is 1. The molecule has 1 aromatic heterocycles. The molecule has 0 spiro atoms. The molecule has 1 N–H and O–H groups in total. The molecule has 1 heterocycles. The minimum atomic E-state index is -3.27. The van der Waals surface area contributed by atoms with E-state index in [0.29, 0.717) is 6.42 Å². The van der Waals surface area contributed by atoms with Gasteiger partial charge in [0.25, 0.3) is 0 Å². The lowest BCUT2D eigenvalue weighted by Gasteiger charge is -2.37. The first-order valence-electron chi connectivity index (χ1n) is 8.61. The number of nitrogens with one attached hydrogen (secondary N) is 1. The molecule has 2 rings (SSSR count). The number of amides is 1. The van der Waals surface area contributed by atoms with Crippen LogP contribution >= 0.6 is 0 Å². The number of aromatic nitrogens is 1. The van der Waals surface area contributed by atoms with Gasteiger partial charge in [0.1, 0.15) is 0 Å². The third kappa shape index (κ3) is 5.34. The van der Waals surface area contributed by atoms with Gasteiger partial charge in [-0.15, -0.1) is 0 Å². The van der Waals surface area contributed by atoms with Gasteiger partial charge >= 0.3 is 0 Å². The zero-order valence-electron chi connectivity index (χ0n) is 14.7.